The quantitative estimate of drug-likeness (QED) is 0.227. The van der Waals surface area contributed by atoms with E-state index in [0.717, 1.165) is 0 Å². The lowest BCUT2D eigenvalue weighted by atomic mass is 9.97. The van der Waals surface area contributed by atoms with Crippen molar-refractivity contribution < 1.29 is 42.6 Å². The molecule has 2 heterocycles. The van der Waals surface area contributed by atoms with Gasteiger partial charge in [0.1, 0.15) is 36.6 Å². The van der Waals surface area contributed by atoms with Gasteiger partial charge in [-0.1, -0.05) is 10.2 Å². The van der Waals surface area contributed by atoms with Crippen LogP contribution in [0.1, 0.15) is 0 Å². The molecule has 2 fully saturated rings. The van der Waals surface area contributed by atoms with Crippen LogP contribution in [0.5, 0.6) is 0 Å². The molecule has 15 heteroatoms. The fourth-order valence-corrected chi connectivity index (χ4v) is 4.24. The Morgan fingerprint density at radius 3 is 1.18 bits per heavy atom. The molecule has 0 amide bonds. The van der Waals surface area contributed by atoms with Gasteiger partial charge in [-0.25, -0.2) is 0 Å². The van der Waals surface area contributed by atoms with Crippen molar-refractivity contribution in [1.82, 2.24) is 0 Å². The molecule has 2 saturated heterocycles. The van der Waals surface area contributed by atoms with Crippen LogP contribution >= 0.6 is 0 Å². The summed E-state index contributed by atoms with van der Waals surface area (Å²) >= 11 is 0. The highest BCUT2D eigenvalue weighted by Gasteiger charge is 2.52. The fraction of sp³-hybridized carbons (Fsp3) is 1.00. The lowest BCUT2D eigenvalue weighted by Crippen LogP contribution is -2.65. The van der Waals surface area contributed by atoms with Gasteiger partial charge in [-0.15, -0.1) is 0 Å². The first-order valence-electron chi connectivity index (χ1n) is 10.2. The van der Waals surface area contributed by atoms with E-state index in [2.05, 4.69) is 20.1 Å². The van der Waals surface area contributed by atoms with Crippen LogP contribution in [-0.2, 0) is 42.6 Å². The van der Waals surface area contributed by atoms with E-state index < -0.39 is 61.4 Å². The van der Waals surface area contributed by atoms with Crippen LogP contribution < -0.4 is 0 Å². The molecule has 10 atom stereocenters. The SMILES string of the molecule is CO[C@@H]1[C@@H](OC)[C@@H](O[C@H]2O[C@H](CN=[N+]=[N-])[C@@H](OC)[C@H](OC)[C@H]2OC)O[C@H](CN=[N+]=[N-])[C@H]1OC. The summed E-state index contributed by atoms with van der Waals surface area (Å²) < 4.78 is 51.8. The molecule has 0 aromatic heterocycles. The second-order valence-electron chi connectivity index (χ2n) is 7.25. The van der Waals surface area contributed by atoms with Gasteiger partial charge in [0.25, 0.3) is 0 Å². The van der Waals surface area contributed by atoms with Crippen molar-refractivity contribution in [3.8, 4) is 0 Å². The van der Waals surface area contributed by atoms with Crippen LogP contribution in [0.3, 0.4) is 0 Å². The molecule has 0 radical (unpaired) electrons. The van der Waals surface area contributed by atoms with Crippen LogP contribution in [0.2, 0.25) is 0 Å². The van der Waals surface area contributed by atoms with Crippen LogP contribution in [0.15, 0.2) is 10.2 Å². The Bertz CT molecular complexity index is 636. The van der Waals surface area contributed by atoms with Crippen molar-refractivity contribution in [1.29, 1.82) is 0 Å². The van der Waals surface area contributed by atoms with Crippen LogP contribution in [0.25, 0.3) is 20.9 Å². The van der Waals surface area contributed by atoms with E-state index in [1.165, 1.54) is 42.7 Å². The maximum absolute atomic E-state index is 8.75. The molecule has 0 aliphatic carbocycles. The normalized spacial score (nSPS) is 38.8. The first-order chi connectivity index (χ1) is 16.0. The minimum atomic E-state index is -1.01. The van der Waals surface area contributed by atoms with Crippen molar-refractivity contribution >= 4 is 0 Å². The third-order valence-electron chi connectivity index (χ3n) is 5.73. The zero-order valence-electron chi connectivity index (χ0n) is 19.5. The number of nitrogens with zero attached hydrogens (tertiary/aromatic N) is 6. The van der Waals surface area contributed by atoms with E-state index in [1.54, 1.807) is 0 Å². The highest BCUT2D eigenvalue weighted by Crippen LogP contribution is 2.33. The molecule has 2 aliphatic heterocycles. The van der Waals surface area contributed by atoms with Gasteiger partial charge in [0.15, 0.2) is 12.6 Å². The number of rotatable bonds is 12. The number of hydrogen-bond donors (Lipinski definition) is 0. The second-order valence-corrected chi connectivity index (χ2v) is 7.25. The lowest BCUT2D eigenvalue weighted by molar-refractivity contribution is -0.379. The minimum absolute atomic E-state index is 0.0175. The molecule has 188 valence electrons. The summed E-state index contributed by atoms with van der Waals surface area (Å²) in [6.07, 6.45) is -7.20. The maximum atomic E-state index is 8.75. The van der Waals surface area contributed by atoms with E-state index in [-0.39, 0.29) is 13.1 Å². The average Bonchev–Trinajstić information content (AvgIpc) is 2.84. The molecule has 0 bridgehead atoms. The molecule has 2 rings (SSSR count). The Morgan fingerprint density at radius 2 is 0.909 bits per heavy atom. The zero-order chi connectivity index (χ0) is 24.4. The van der Waals surface area contributed by atoms with Gasteiger partial charge in [0.05, 0.1) is 25.3 Å². The summed E-state index contributed by atoms with van der Waals surface area (Å²) in [5.74, 6) is 0. The first kappa shape index (κ1) is 27.5. The van der Waals surface area contributed by atoms with E-state index in [1.807, 2.05) is 0 Å². The Hall–Kier alpha value is -1.74. The molecule has 0 aromatic rings. The van der Waals surface area contributed by atoms with Crippen molar-refractivity contribution in [2.24, 2.45) is 10.2 Å². The van der Waals surface area contributed by atoms with Gasteiger partial charge in [0, 0.05) is 52.5 Å². The second kappa shape index (κ2) is 13.8. The summed E-state index contributed by atoms with van der Waals surface area (Å²) in [7, 11) is 8.97. The molecule has 15 nitrogen and oxygen atoms in total. The van der Waals surface area contributed by atoms with Crippen LogP contribution in [-0.4, -0.2) is 117 Å². The summed E-state index contributed by atoms with van der Waals surface area (Å²) in [6.45, 7) is -0.0350. The molecule has 0 aromatic carbocycles. The average molecular weight is 476 g/mol. The Balaban J connectivity index is 2.33. The van der Waals surface area contributed by atoms with E-state index in [9.17, 15) is 0 Å². The topological polar surface area (TPSA) is 181 Å². The Morgan fingerprint density at radius 1 is 0.576 bits per heavy atom. The molecular formula is C18H32N6O9. The van der Waals surface area contributed by atoms with Crippen molar-refractivity contribution in [3.05, 3.63) is 20.9 Å². The van der Waals surface area contributed by atoms with E-state index >= 15 is 0 Å². The zero-order valence-corrected chi connectivity index (χ0v) is 19.5. The van der Waals surface area contributed by atoms with Gasteiger partial charge >= 0.3 is 0 Å². The highest BCUT2D eigenvalue weighted by molar-refractivity contribution is 4.96. The molecule has 0 saturated carbocycles. The predicted octanol–water partition coefficient (Wildman–Crippen LogP) is 1.16. The van der Waals surface area contributed by atoms with E-state index in [4.69, 9.17) is 53.7 Å². The molecule has 33 heavy (non-hydrogen) atoms. The summed E-state index contributed by atoms with van der Waals surface area (Å²) in [4.78, 5) is 5.59. The fourth-order valence-electron chi connectivity index (χ4n) is 4.24. The van der Waals surface area contributed by atoms with Gasteiger partial charge < -0.3 is 42.6 Å². The largest absolute Gasteiger partial charge is 0.376 e. The molecule has 2 aliphatic rings. The standard InChI is InChI=1S/C18H32N6O9/c1-25-11-9(7-21-23-19)31-17(15(29-5)13(11)27-3)33-18-16(30-6)14(28-4)12(26-2)10(32-18)8-22-24-20/h9-18H,7-8H2,1-6H3/t9-,10-,11-,12-,13+,14+,15-,16-,17-,18-/m1/s1. The Kier molecular flexibility index (Phi) is 11.5. The number of hydrogen-bond acceptors (Lipinski definition) is 11. The highest BCUT2D eigenvalue weighted by atomic mass is 16.8. The number of methoxy groups -OCH3 is 6. The maximum Gasteiger partial charge on any atom is 0.189 e. The molecule has 0 spiro atoms. The van der Waals surface area contributed by atoms with Crippen molar-refractivity contribution in [2.45, 2.75) is 61.4 Å². The Labute approximate surface area is 191 Å². The van der Waals surface area contributed by atoms with Crippen molar-refractivity contribution in [2.75, 3.05) is 55.7 Å². The van der Waals surface area contributed by atoms with E-state index in [0.29, 0.717) is 0 Å². The summed E-state index contributed by atoms with van der Waals surface area (Å²) in [5, 5.41) is 7.20. The van der Waals surface area contributed by atoms with Gasteiger partial charge in [-0.2, -0.15) is 0 Å². The lowest BCUT2D eigenvalue weighted by Gasteiger charge is -2.48. The molecule has 0 N–H and O–H groups in total. The summed E-state index contributed by atoms with van der Waals surface area (Å²) in [6, 6.07) is 0. The minimum Gasteiger partial charge on any atom is -0.376 e. The third-order valence-corrected chi connectivity index (χ3v) is 5.73. The van der Waals surface area contributed by atoms with Gasteiger partial charge in [-0.3, -0.25) is 0 Å². The van der Waals surface area contributed by atoms with Crippen molar-refractivity contribution in [3.63, 3.8) is 0 Å². The number of azide groups is 2. The number of ether oxygens (including phenoxy) is 9. The first-order valence-corrected chi connectivity index (χ1v) is 10.2. The molecule has 0 unspecified atom stereocenters. The van der Waals surface area contributed by atoms with Crippen LogP contribution in [0, 0.1) is 0 Å². The van der Waals surface area contributed by atoms with Gasteiger partial charge in [-0.05, 0) is 11.1 Å². The molecular weight excluding hydrogens is 444 g/mol. The van der Waals surface area contributed by atoms with Crippen LogP contribution in [0.4, 0.5) is 0 Å². The van der Waals surface area contributed by atoms with Gasteiger partial charge in [0.2, 0.25) is 0 Å². The predicted molar refractivity (Wildman–Crippen MR) is 111 cm³/mol. The smallest absolute Gasteiger partial charge is 0.189 e. The third kappa shape index (κ3) is 6.23. The monoisotopic (exact) mass is 476 g/mol. The summed E-state index contributed by atoms with van der Waals surface area (Å²) in [5.41, 5.74) is 17.5.